The lowest BCUT2D eigenvalue weighted by Gasteiger charge is -2.04. The van der Waals surface area contributed by atoms with Gasteiger partial charge in [-0.25, -0.2) is 0 Å². The first kappa shape index (κ1) is 13.1. The molecule has 16 heavy (non-hydrogen) atoms. The van der Waals surface area contributed by atoms with Crippen molar-refractivity contribution >= 4 is 29.0 Å². The van der Waals surface area contributed by atoms with Crippen LogP contribution in [0.25, 0.3) is 0 Å². The minimum atomic E-state index is -0.404. The minimum Gasteiger partial charge on any atom is -0.504 e. The first-order valence-corrected chi connectivity index (χ1v) is 5.78. The third-order valence-electron chi connectivity index (χ3n) is 2.15. The smallest absolute Gasteiger partial charge is 0.176 e. The lowest BCUT2D eigenvalue weighted by molar-refractivity contribution is 0.0979. The molecule has 0 unspecified atom stereocenters. The summed E-state index contributed by atoms with van der Waals surface area (Å²) in [6.45, 7) is 0. The molecule has 2 N–H and O–H groups in total. The molecule has 0 amide bonds. The Balaban J connectivity index is 2.76. The molecule has 0 saturated heterocycles. The predicted octanol–water partition coefficient (Wildman–Crippen LogP) is 3.34. The zero-order chi connectivity index (χ0) is 12.1. The van der Waals surface area contributed by atoms with Gasteiger partial charge in [0.1, 0.15) is 0 Å². The molecule has 0 bridgehead atoms. The molecule has 0 aliphatic carbocycles. The zero-order valence-corrected chi connectivity index (χ0v) is 10.1. The van der Waals surface area contributed by atoms with Crippen molar-refractivity contribution in [3.05, 3.63) is 22.7 Å². The van der Waals surface area contributed by atoms with Crippen LogP contribution in [0.3, 0.4) is 0 Å². The molecular formula is C11H12Cl2O3. The van der Waals surface area contributed by atoms with Gasteiger partial charge in [0.05, 0.1) is 5.02 Å². The third kappa shape index (κ3) is 3.29. The van der Waals surface area contributed by atoms with Gasteiger partial charge in [-0.2, -0.15) is 0 Å². The quantitative estimate of drug-likeness (QED) is 0.370. The summed E-state index contributed by atoms with van der Waals surface area (Å²) in [7, 11) is 0. The van der Waals surface area contributed by atoms with Gasteiger partial charge in [0.2, 0.25) is 0 Å². The Morgan fingerprint density at radius 3 is 2.50 bits per heavy atom. The van der Waals surface area contributed by atoms with Crippen LogP contribution in [0.15, 0.2) is 12.1 Å². The number of hydrogen-bond acceptors (Lipinski definition) is 3. The van der Waals surface area contributed by atoms with Crippen molar-refractivity contribution in [3.8, 4) is 11.5 Å². The second-order valence-corrected chi connectivity index (χ2v) is 4.18. The van der Waals surface area contributed by atoms with Gasteiger partial charge in [0.15, 0.2) is 17.3 Å². The Bertz CT molecular complexity index is 368. The summed E-state index contributed by atoms with van der Waals surface area (Å²) >= 11 is 11.1. The topological polar surface area (TPSA) is 57.5 Å². The molecule has 0 atom stereocenters. The molecule has 1 rings (SSSR count). The molecule has 0 spiro atoms. The summed E-state index contributed by atoms with van der Waals surface area (Å²) in [5.74, 6) is -0.385. The van der Waals surface area contributed by atoms with Crippen LogP contribution < -0.4 is 0 Å². The van der Waals surface area contributed by atoms with Crippen LogP contribution in [0.4, 0.5) is 0 Å². The van der Waals surface area contributed by atoms with Crippen molar-refractivity contribution in [2.75, 3.05) is 5.88 Å². The highest BCUT2D eigenvalue weighted by Crippen LogP contribution is 2.34. The Morgan fingerprint density at radius 2 is 1.94 bits per heavy atom. The molecule has 1 aromatic carbocycles. The summed E-state index contributed by atoms with van der Waals surface area (Å²) in [4.78, 5) is 11.6. The van der Waals surface area contributed by atoms with E-state index in [-0.39, 0.29) is 16.6 Å². The number of carbonyl (C=O) groups excluding carboxylic acids is 1. The number of phenols is 2. The molecule has 0 fully saturated rings. The Labute approximate surface area is 104 Å². The molecule has 3 nitrogen and oxygen atoms in total. The van der Waals surface area contributed by atoms with Crippen LogP contribution in [0.1, 0.15) is 29.6 Å². The maximum Gasteiger partial charge on any atom is 0.176 e. The lowest BCUT2D eigenvalue weighted by Crippen LogP contribution is -1.99. The van der Waals surface area contributed by atoms with Gasteiger partial charge in [-0.15, -0.1) is 11.6 Å². The van der Waals surface area contributed by atoms with Gasteiger partial charge in [0.25, 0.3) is 0 Å². The van der Waals surface area contributed by atoms with Crippen molar-refractivity contribution in [1.82, 2.24) is 0 Å². The second kappa shape index (κ2) is 5.97. The summed E-state index contributed by atoms with van der Waals surface area (Å²) in [6.07, 6.45) is 1.82. The molecule has 88 valence electrons. The van der Waals surface area contributed by atoms with E-state index in [1.807, 2.05) is 0 Å². The number of phenolic OH excluding ortho intramolecular Hbond substituents is 2. The largest absolute Gasteiger partial charge is 0.504 e. The number of alkyl halides is 1. The molecular weight excluding hydrogens is 251 g/mol. The third-order valence-corrected chi connectivity index (χ3v) is 2.71. The van der Waals surface area contributed by atoms with Crippen molar-refractivity contribution in [1.29, 1.82) is 0 Å². The normalized spacial score (nSPS) is 10.4. The number of rotatable bonds is 5. The van der Waals surface area contributed by atoms with Crippen molar-refractivity contribution in [2.24, 2.45) is 0 Å². The fourth-order valence-corrected chi connectivity index (χ4v) is 1.67. The average molecular weight is 263 g/mol. The number of hydrogen-bond donors (Lipinski definition) is 2. The number of Topliss-reactive ketones (excluding diaryl/α,β-unsaturated/α-hetero) is 1. The predicted molar refractivity (Wildman–Crippen MR) is 63.7 cm³/mol. The molecule has 0 saturated carbocycles. The Hall–Kier alpha value is -0.930. The highest BCUT2D eigenvalue weighted by Gasteiger charge is 2.12. The maximum absolute atomic E-state index is 11.6. The lowest BCUT2D eigenvalue weighted by atomic mass is 10.1. The highest BCUT2D eigenvalue weighted by molar-refractivity contribution is 6.32. The van der Waals surface area contributed by atoms with E-state index < -0.39 is 5.75 Å². The zero-order valence-electron chi connectivity index (χ0n) is 8.54. The molecule has 1 aromatic rings. The van der Waals surface area contributed by atoms with E-state index >= 15 is 0 Å². The molecule has 0 radical (unpaired) electrons. The fourth-order valence-electron chi connectivity index (χ4n) is 1.27. The standard InChI is InChI=1S/C11H12Cl2O3/c12-4-2-1-3-9(14)7-5-8(13)11(16)10(15)6-7/h5-6,15-16H,1-4H2. The van der Waals surface area contributed by atoms with Gasteiger partial charge in [0, 0.05) is 17.9 Å². The van der Waals surface area contributed by atoms with Crippen molar-refractivity contribution in [2.45, 2.75) is 19.3 Å². The van der Waals surface area contributed by atoms with Crippen molar-refractivity contribution < 1.29 is 15.0 Å². The van der Waals surface area contributed by atoms with Crippen LogP contribution in [0, 0.1) is 0 Å². The van der Waals surface area contributed by atoms with Gasteiger partial charge in [-0.3, -0.25) is 4.79 Å². The number of benzene rings is 1. The van der Waals surface area contributed by atoms with E-state index in [1.54, 1.807) is 0 Å². The SMILES string of the molecule is O=C(CCCCCl)c1cc(O)c(O)c(Cl)c1. The van der Waals surface area contributed by atoms with Crippen LogP contribution in [-0.4, -0.2) is 21.9 Å². The number of ketones is 1. The van der Waals surface area contributed by atoms with E-state index in [2.05, 4.69) is 0 Å². The summed E-state index contributed by atoms with van der Waals surface area (Å²) < 4.78 is 0. The van der Waals surface area contributed by atoms with Gasteiger partial charge < -0.3 is 10.2 Å². The summed E-state index contributed by atoms with van der Waals surface area (Å²) in [6, 6.07) is 2.56. The van der Waals surface area contributed by atoms with E-state index in [9.17, 15) is 15.0 Å². The van der Waals surface area contributed by atoms with Crippen LogP contribution in [0.2, 0.25) is 5.02 Å². The van der Waals surface area contributed by atoms with E-state index in [0.717, 1.165) is 6.42 Å². The fraction of sp³-hybridized carbons (Fsp3) is 0.364. The molecule has 5 heteroatoms. The van der Waals surface area contributed by atoms with Crippen molar-refractivity contribution in [3.63, 3.8) is 0 Å². The molecule has 0 aliphatic rings. The van der Waals surface area contributed by atoms with Gasteiger partial charge >= 0.3 is 0 Å². The molecule has 0 aliphatic heterocycles. The highest BCUT2D eigenvalue weighted by atomic mass is 35.5. The van der Waals surface area contributed by atoms with Crippen LogP contribution in [0.5, 0.6) is 11.5 Å². The van der Waals surface area contributed by atoms with Crippen LogP contribution >= 0.6 is 23.2 Å². The number of unbranched alkanes of at least 4 members (excludes halogenated alkanes) is 1. The maximum atomic E-state index is 11.6. The number of halogens is 2. The first-order valence-electron chi connectivity index (χ1n) is 4.87. The van der Waals surface area contributed by atoms with Gasteiger partial charge in [-0.1, -0.05) is 11.6 Å². The number of aromatic hydroxyl groups is 2. The molecule has 0 aromatic heterocycles. The summed E-state index contributed by atoms with van der Waals surface area (Å²) in [5, 5.41) is 18.5. The number of carbonyl (C=O) groups is 1. The van der Waals surface area contributed by atoms with E-state index in [4.69, 9.17) is 23.2 Å². The Kier molecular flexibility index (Phi) is 4.90. The van der Waals surface area contributed by atoms with Gasteiger partial charge in [-0.05, 0) is 25.0 Å². The van der Waals surface area contributed by atoms with E-state index in [0.29, 0.717) is 24.3 Å². The average Bonchev–Trinajstić information content (AvgIpc) is 2.25. The minimum absolute atomic E-state index is 0.0271. The first-order chi connectivity index (χ1) is 7.56. The molecule has 0 heterocycles. The monoisotopic (exact) mass is 262 g/mol. The van der Waals surface area contributed by atoms with Crippen LogP contribution in [-0.2, 0) is 0 Å². The Morgan fingerprint density at radius 1 is 1.25 bits per heavy atom. The van der Waals surface area contributed by atoms with E-state index in [1.165, 1.54) is 12.1 Å². The second-order valence-electron chi connectivity index (χ2n) is 3.40. The summed E-state index contributed by atoms with van der Waals surface area (Å²) in [5.41, 5.74) is 0.301.